The van der Waals surface area contributed by atoms with E-state index in [-0.39, 0.29) is 5.82 Å². The lowest BCUT2D eigenvalue weighted by Crippen LogP contribution is -2.04. The first-order chi connectivity index (χ1) is 12.7. The van der Waals surface area contributed by atoms with Crippen LogP contribution in [0.25, 0.3) is 11.0 Å². The van der Waals surface area contributed by atoms with Gasteiger partial charge in [-0.15, -0.1) is 0 Å². The van der Waals surface area contributed by atoms with Gasteiger partial charge >= 0.3 is 0 Å². The molecule has 4 rings (SSSR count). The highest BCUT2D eigenvalue weighted by atomic mass is 35.5. The van der Waals surface area contributed by atoms with Crippen LogP contribution < -0.4 is 5.32 Å². The number of nitrogens with one attached hydrogen (secondary N) is 2. The van der Waals surface area contributed by atoms with E-state index in [4.69, 9.17) is 11.6 Å². The van der Waals surface area contributed by atoms with Gasteiger partial charge < -0.3 is 10.3 Å². The number of aromatic amines is 1. The van der Waals surface area contributed by atoms with Crippen molar-refractivity contribution in [1.82, 2.24) is 19.9 Å². The third-order valence-corrected chi connectivity index (χ3v) is 4.23. The van der Waals surface area contributed by atoms with Crippen molar-refractivity contribution in [3.8, 4) is 0 Å². The van der Waals surface area contributed by atoms with E-state index in [1.165, 1.54) is 12.1 Å². The van der Waals surface area contributed by atoms with Crippen molar-refractivity contribution in [3.63, 3.8) is 0 Å². The molecule has 5 nitrogen and oxygen atoms in total. The van der Waals surface area contributed by atoms with Crippen LogP contribution in [0.5, 0.6) is 0 Å². The number of hydrogen-bond donors (Lipinski definition) is 2. The third kappa shape index (κ3) is 3.65. The molecule has 0 radical (unpaired) electrons. The first-order valence-corrected chi connectivity index (χ1v) is 8.46. The zero-order valence-electron chi connectivity index (χ0n) is 13.7. The van der Waals surface area contributed by atoms with Crippen molar-refractivity contribution in [1.29, 1.82) is 0 Å². The number of hydrogen-bond acceptors (Lipinski definition) is 4. The Kier molecular flexibility index (Phi) is 4.50. The molecule has 0 spiro atoms. The van der Waals surface area contributed by atoms with E-state index in [1.54, 1.807) is 24.7 Å². The quantitative estimate of drug-likeness (QED) is 0.550. The van der Waals surface area contributed by atoms with Crippen molar-refractivity contribution in [3.05, 3.63) is 82.6 Å². The van der Waals surface area contributed by atoms with Crippen molar-refractivity contribution in [2.45, 2.75) is 13.0 Å². The van der Waals surface area contributed by atoms with E-state index in [0.717, 1.165) is 27.7 Å². The average molecular weight is 368 g/mol. The monoisotopic (exact) mass is 367 g/mol. The summed E-state index contributed by atoms with van der Waals surface area (Å²) in [6.45, 7) is 0.462. The summed E-state index contributed by atoms with van der Waals surface area (Å²) in [5, 5.41) is 4.68. The van der Waals surface area contributed by atoms with Crippen LogP contribution in [-0.2, 0) is 13.0 Å². The van der Waals surface area contributed by atoms with Crippen molar-refractivity contribution in [2.24, 2.45) is 0 Å². The molecule has 4 aromatic rings. The van der Waals surface area contributed by atoms with Gasteiger partial charge in [0.2, 0.25) is 5.95 Å². The summed E-state index contributed by atoms with van der Waals surface area (Å²) in [5.41, 5.74) is 3.70. The molecule has 3 heterocycles. The van der Waals surface area contributed by atoms with Crippen LogP contribution in [0.2, 0.25) is 5.02 Å². The fraction of sp³-hybridized carbons (Fsp3) is 0.105. The average Bonchev–Trinajstić information content (AvgIpc) is 3.03. The van der Waals surface area contributed by atoms with Gasteiger partial charge in [0.15, 0.2) is 0 Å². The Balaban J connectivity index is 1.44. The molecule has 1 aromatic carbocycles. The van der Waals surface area contributed by atoms with Gasteiger partial charge in [-0.25, -0.2) is 19.3 Å². The summed E-state index contributed by atoms with van der Waals surface area (Å²) < 4.78 is 13.2. The number of halogens is 2. The zero-order valence-corrected chi connectivity index (χ0v) is 14.5. The normalized spacial score (nSPS) is 11.0. The van der Waals surface area contributed by atoms with E-state index < -0.39 is 0 Å². The molecule has 0 aliphatic rings. The second-order valence-electron chi connectivity index (χ2n) is 5.94. The lowest BCUT2D eigenvalue weighted by molar-refractivity contribution is 0.626. The van der Waals surface area contributed by atoms with Crippen LogP contribution in [0.15, 0.2) is 55.1 Å². The Morgan fingerprint density at radius 2 is 1.88 bits per heavy atom. The molecule has 7 heteroatoms. The topological polar surface area (TPSA) is 66.5 Å². The SMILES string of the molecule is Fc1cccc(CNc2ncc(Cc3c[nH]c4ncc(Cl)cc34)cn2)c1. The van der Waals surface area contributed by atoms with E-state index in [9.17, 15) is 4.39 Å². The van der Waals surface area contributed by atoms with Crippen LogP contribution in [0, 0.1) is 5.82 Å². The minimum Gasteiger partial charge on any atom is -0.350 e. The van der Waals surface area contributed by atoms with Gasteiger partial charge in [0.25, 0.3) is 0 Å². The van der Waals surface area contributed by atoms with Crippen LogP contribution in [-0.4, -0.2) is 19.9 Å². The van der Waals surface area contributed by atoms with E-state index in [0.29, 0.717) is 23.9 Å². The molecule has 0 saturated heterocycles. The van der Waals surface area contributed by atoms with Gasteiger partial charge in [0.05, 0.1) is 5.02 Å². The minimum atomic E-state index is -0.256. The fourth-order valence-corrected chi connectivity index (χ4v) is 2.92. The Morgan fingerprint density at radius 3 is 2.69 bits per heavy atom. The van der Waals surface area contributed by atoms with E-state index in [2.05, 4.69) is 25.3 Å². The molecule has 0 saturated carbocycles. The summed E-state index contributed by atoms with van der Waals surface area (Å²) >= 11 is 6.03. The van der Waals surface area contributed by atoms with Crippen LogP contribution in [0.4, 0.5) is 10.3 Å². The first-order valence-electron chi connectivity index (χ1n) is 8.08. The maximum Gasteiger partial charge on any atom is 0.222 e. The van der Waals surface area contributed by atoms with Gasteiger partial charge in [0, 0.05) is 43.1 Å². The molecular formula is C19H15ClFN5. The Hall–Kier alpha value is -2.99. The van der Waals surface area contributed by atoms with Gasteiger partial charge in [-0.05, 0) is 34.9 Å². The predicted octanol–water partition coefficient (Wildman–Crippen LogP) is 4.35. The molecule has 2 N–H and O–H groups in total. The zero-order chi connectivity index (χ0) is 17.9. The third-order valence-electron chi connectivity index (χ3n) is 4.02. The lowest BCUT2D eigenvalue weighted by Gasteiger charge is -2.06. The number of nitrogens with zero attached hydrogens (tertiary/aromatic N) is 3. The molecule has 26 heavy (non-hydrogen) atoms. The highest BCUT2D eigenvalue weighted by Crippen LogP contribution is 2.22. The van der Waals surface area contributed by atoms with Gasteiger partial charge in [-0.2, -0.15) is 0 Å². The summed E-state index contributed by atoms with van der Waals surface area (Å²) in [5.74, 6) is 0.246. The van der Waals surface area contributed by atoms with Crippen molar-refractivity contribution >= 4 is 28.6 Å². The molecule has 0 amide bonds. The number of aromatic nitrogens is 4. The minimum absolute atomic E-state index is 0.256. The Morgan fingerprint density at radius 1 is 1.04 bits per heavy atom. The molecule has 0 aliphatic carbocycles. The van der Waals surface area contributed by atoms with E-state index in [1.807, 2.05) is 18.3 Å². The molecule has 0 aliphatic heterocycles. The second kappa shape index (κ2) is 7.09. The number of anilines is 1. The maximum absolute atomic E-state index is 13.2. The van der Waals surface area contributed by atoms with Crippen molar-refractivity contribution < 1.29 is 4.39 Å². The number of fused-ring (bicyclic) bond motifs is 1. The molecule has 0 atom stereocenters. The molecule has 0 bridgehead atoms. The second-order valence-corrected chi connectivity index (χ2v) is 6.38. The largest absolute Gasteiger partial charge is 0.350 e. The maximum atomic E-state index is 13.2. The molecule has 0 fully saturated rings. The van der Waals surface area contributed by atoms with Gasteiger partial charge in [-0.1, -0.05) is 23.7 Å². The fourth-order valence-electron chi connectivity index (χ4n) is 2.76. The first kappa shape index (κ1) is 16.5. The lowest BCUT2D eigenvalue weighted by atomic mass is 10.1. The van der Waals surface area contributed by atoms with Crippen LogP contribution in [0.3, 0.4) is 0 Å². The predicted molar refractivity (Wildman–Crippen MR) is 99.7 cm³/mol. The van der Waals surface area contributed by atoms with Crippen molar-refractivity contribution in [2.75, 3.05) is 5.32 Å². The summed E-state index contributed by atoms with van der Waals surface area (Å²) in [6.07, 6.45) is 7.76. The summed E-state index contributed by atoms with van der Waals surface area (Å²) in [6, 6.07) is 8.32. The highest BCUT2D eigenvalue weighted by Gasteiger charge is 2.07. The standard InChI is InChI=1S/C19H15ClFN5/c20-15-6-17-14(10-22-18(17)23-11-15)4-13-8-25-19(26-9-13)24-7-12-2-1-3-16(21)5-12/h1-3,5-6,8-11H,4,7H2,(H,22,23)(H,24,25,26). The Labute approximate surface area is 154 Å². The van der Waals surface area contributed by atoms with E-state index >= 15 is 0 Å². The molecule has 130 valence electrons. The van der Waals surface area contributed by atoms with Gasteiger partial charge in [0.1, 0.15) is 11.5 Å². The smallest absolute Gasteiger partial charge is 0.222 e. The Bertz CT molecular complexity index is 1050. The van der Waals surface area contributed by atoms with Crippen LogP contribution in [0.1, 0.15) is 16.7 Å². The summed E-state index contributed by atoms with van der Waals surface area (Å²) in [4.78, 5) is 16.1. The highest BCUT2D eigenvalue weighted by molar-refractivity contribution is 6.31. The number of rotatable bonds is 5. The molecular weight excluding hydrogens is 353 g/mol. The number of H-pyrrole nitrogens is 1. The van der Waals surface area contributed by atoms with Gasteiger partial charge in [-0.3, -0.25) is 0 Å². The summed E-state index contributed by atoms with van der Waals surface area (Å²) in [7, 11) is 0. The number of benzene rings is 1. The number of pyridine rings is 1. The molecule has 3 aromatic heterocycles. The van der Waals surface area contributed by atoms with Crippen LogP contribution >= 0.6 is 11.6 Å². The molecule has 0 unspecified atom stereocenters.